The van der Waals surface area contributed by atoms with Crippen LogP contribution in [0.25, 0.3) is 0 Å². The third-order valence-electron chi connectivity index (χ3n) is 17.0. The zero-order chi connectivity index (χ0) is 71.8. The van der Waals surface area contributed by atoms with Crippen molar-refractivity contribution in [2.75, 3.05) is 39.6 Å². The maximum Gasteiger partial charge on any atom is 0.472 e. The fourth-order valence-electron chi connectivity index (χ4n) is 11.0. The average Bonchev–Trinajstić information content (AvgIpc) is 0.959. The van der Waals surface area contributed by atoms with Gasteiger partial charge in [0.1, 0.15) is 19.3 Å². The molecule has 0 saturated heterocycles. The molecule has 5 unspecified atom stereocenters. The standard InChI is InChI=1S/C79H144O17P2/c1-5-9-13-17-21-25-29-33-36-40-43-47-51-55-59-63-76(81)89-69-74(95-78(83)65-61-57-53-49-45-39-32-28-24-20-16-12-8-4)71-93-97(85,86)91-67-73(80)68-92-98(87,88)94-72-75(96-79(84)66-62-58-54-50-46-42-38-35-31-27-23-19-15-11-7-3)70-90-77(82)64-60-56-52-48-44-41-37-34-30-26-22-18-14-10-6-2/h9,13,16,20-21,25,28,32-33,36,73-75,80H,5-8,10-12,14-15,17-19,22-24,26-27,29-31,34-35,37-72H2,1-4H3,(H,85,86)(H,87,88)/b13-9-,20-16-,25-21-,32-28-,36-33-. The van der Waals surface area contributed by atoms with E-state index in [4.69, 9.17) is 37.0 Å². The highest BCUT2D eigenvalue weighted by Crippen LogP contribution is 2.45. The van der Waals surface area contributed by atoms with Crippen molar-refractivity contribution in [3.05, 3.63) is 60.8 Å². The Balaban J connectivity index is 5.32. The van der Waals surface area contributed by atoms with Gasteiger partial charge in [0, 0.05) is 25.7 Å². The molecule has 0 radical (unpaired) electrons. The Morgan fingerprint density at radius 2 is 0.551 bits per heavy atom. The number of aliphatic hydroxyl groups is 1. The van der Waals surface area contributed by atoms with Crippen LogP contribution in [0, 0.1) is 0 Å². The number of phosphoric ester groups is 2. The highest BCUT2D eigenvalue weighted by molar-refractivity contribution is 7.47. The number of carbonyl (C=O) groups is 4. The molecule has 0 heterocycles. The Bertz CT molecular complexity index is 2100. The number of hydrogen-bond donors (Lipinski definition) is 3. The Labute approximate surface area is 597 Å². The Kier molecular flexibility index (Phi) is 69.7. The molecule has 0 rings (SSSR count). The molecule has 0 bridgehead atoms. The molecular weight excluding hydrogens is 1280 g/mol. The van der Waals surface area contributed by atoms with Crippen LogP contribution < -0.4 is 0 Å². The molecule has 0 aliphatic rings. The van der Waals surface area contributed by atoms with Gasteiger partial charge in [-0.3, -0.25) is 37.3 Å². The van der Waals surface area contributed by atoms with Gasteiger partial charge in [-0.2, -0.15) is 0 Å². The predicted octanol–water partition coefficient (Wildman–Crippen LogP) is 22.7. The molecule has 0 saturated carbocycles. The van der Waals surface area contributed by atoms with Crippen LogP contribution in [-0.2, 0) is 65.4 Å². The van der Waals surface area contributed by atoms with Gasteiger partial charge in [0.25, 0.3) is 0 Å². The van der Waals surface area contributed by atoms with Gasteiger partial charge >= 0.3 is 39.5 Å². The smallest absolute Gasteiger partial charge is 0.462 e. The van der Waals surface area contributed by atoms with E-state index in [1.165, 1.54) is 135 Å². The lowest BCUT2D eigenvalue weighted by molar-refractivity contribution is -0.161. The number of esters is 4. The van der Waals surface area contributed by atoms with E-state index in [-0.39, 0.29) is 25.7 Å². The summed E-state index contributed by atoms with van der Waals surface area (Å²) < 4.78 is 68.6. The van der Waals surface area contributed by atoms with Gasteiger partial charge < -0.3 is 33.8 Å². The van der Waals surface area contributed by atoms with E-state index in [0.717, 1.165) is 148 Å². The van der Waals surface area contributed by atoms with E-state index in [1.54, 1.807) is 0 Å². The number of rotatable bonds is 75. The van der Waals surface area contributed by atoms with E-state index in [0.29, 0.717) is 25.7 Å². The molecule has 0 aromatic rings. The summed E-state index contributed by atoms with van der Waals surface area (Å²) in [6, 6.07) is 0. The van der Waals surface area contributed by atoms with Crippen LogP contribution in [0.15, 0.2) is 60.8 Å². The third-order valence-corrected chi connectivity index (χ3v) is 18.9. The molecule has 17 nitrogen and oxygen atoms in total. The fourth-order valence-corrected chi connectivity index (χ4v) is 12.6. The molecule has 0 aromatic heterocycles. The number of ether oxygens (including phenoxy) is 4. The van der Waals surface area contributed by atoms with E-state index in [1.807, 2.05) is 0 Å². The molecule has 0 aliphatic heterocycles. The van der Waals surface area contributed by atoms with Crippen molar-refractivity contribution in [3.63, 3.8) is 0 Å². The van der Waals surface area contributed by atoms with Crippen LogP contribution in [-0.4, -0.2) is 96.7 Å². The quantitative estimate of drug-likeness (QED) is 0.0169. The second-order valence-corrected chi connectivity index (χ2v) is 29.5. The van der Waals surface area contributed by atoms with Crippen molar-refractivity contribution >= 4 is 39.5 Å². The molecule has 0 spiro atoms. The summed E-state index contributed by atoms with van der Waals surface area (Å²) in [7, 11) is -9.94. The lowest BCUT2D eigenvalue weighted by Crippen LogP contribution is -2.30. The van der Waals surface area contributed by atoms with Crippen molar-refractivity contribution in [1.29, 1.82) is 0 Å². The molecule has 0 fully saturated rings. The zero-order valence-electron chi connectivity index (χ0n) is 62.5. The van der Waals surface area contributed by atoms with Crippen molar-refractivity contribution in [1.82, 2.24) is 0 Å². The Morgan fingerprint density at radius 1 is 0.296 bits per heavy atom. The monoisotopic (exact) mass is 1430 g/mol. The van der Waals surface area contributed by atoms with Crippen LogP contribution >= 0.6 is 15.6 Å². The van der Waals surface area contributed by atoms with Crippen LogP contribution in [0.5, 0.6) is 0 Å². The highest BCUT2D eigenvalue weighted by atomic mass is 31.2. The van der Waals surface area contributed by atoms with E-state index >= 15 is 0 Å². The van der Waals surface area contributed by atoms with Crippen molar-refractivity contribution in [2.24, 2.45) is 0 Å². The molecule has 19 heteroatoms. The minimum absolute atomic E-state index is 0.0780. The molecule has 0 aliphatic carbocycles. The topological polar surface area (TPSA) is 237 Å². The SMILES string of the molecule is CC/C=C\C/C=C\C/C=C\CCCCCCCC(=O)OCC(COP(=O)(O)OCC(O)COP(=O)(O)OCC(COC(=O)CCCCCCCCCCCCCCCCC)OC(=O)CCCCCCCCCCCCCCCCC)OC(=O)CCCCCCC/C=C\C/C=C\CCC. The molecular formula is C79H144O17P2. The minimum Gasteiger partial charge on any atom is -0.462 e. The van der Waals surface area contributed by atoms with Crippen molar-refractivity contribution < 1.29 is 80.2 Å². The number of hydrogen-bond acceptors (Lipinski definition) is 15. The lowest BCUT2D eigenvalue weighted by Gasteiger charge is -2.21. The third kappa shape index (κ3) is 71.2. The molecule has 0 amide bonds. The number of allylic oxidation sites excluding steroid dienone is 10. The summed E-state index contributed by atoms with van der Waals surface area (Å²) in [6.07, 6.45) is 70.6. The average molecular weight is 1430 g/mol. The summed E-state index contributed by atoms with van der Waals surface area (Å²) in [4.78, 5) is 72.9. The molecule has 3 N–H and O–H groups in total. The maximum atomic E-state index is 13.1. The van der Waals surface area contributed by atoms with Crippen LogP contribution in [0.2, 0.25) is 0 Å². The normalized spacial score (nSPS) is 14.2. The van der Waals surface area contributed by atoms with Crippen LogP contribution in [0.3, 0.4) is 0 Å². The van der Waals surface area contributed by atoms with Gasteiger partial charge in [0.05, 0.1) is 26.4 Å². The molecule has 572 valence electrons. The predicted molar refractivity (Wildman–Crippen MR) is 400 cm³/mol. The van der Waals surface area contributed by atoms with Gasteiger partial charge in [-0.15, -0.1) is 0 Å². The number of phosphoric acid groups is 2. The van der Waals surface area contributed by atoms with Gasteiger partial charge in [-0.25, -0.2) is 9.13 Å². The first-order chi connectivity index (χ1) is 47.7. The molecule has 5 atom stereocenters. The van der Waals surface area contributed by atoms with Gasteiger partial charge in [0.2, 0.25) is 0 Å². The fraction of sp³-hybridized carbons (Fsp3) is 0.823. The largest absolute Gasteiger partial charge is 0.472 e. The second kappa shape index (κ2) is 72.1. The summed E-state index contributed by atoms with van der Waals surface area (Å²) in [5.74, 6) is -2.17. The minimum atomic E-state index is -4.97. The summed E-state index contributed by atoms with van der Waals surface area (Å²) >= 11 is 0. The summed E-state index contributed by atoms with van der Waals surface area (Å²) in [6.45, 7) is 4.74. The first kappa shape index (κ1) is 94.8. The highest BCUT2D eigenvalue weighted by Gasteiger charge is 2.30. The van der Waals surface area contributed by atoms with Crippen LogP contribution in [0.1, 0.15) is 362 Å². The van der Waals surface area contributed by atoms with Gasteiger partial charge in [-0.1, -0.05) is 313 Å². The van der Waals surface area contributed by atoms with Crippen molar-refractivity contribution in [3.8, 4) is 0 Å². The van der Waals surface area contributed by atoms with E-state index in [9.17, 15) is 43.2 Å². The van der Waals surface area contributed by atoms with E-state index in [2.05, 4.69) is 88.5 Å². The van der Waals surface area contributed by atoms with Gasteiger partial charge in [-0.05, 0) is 83.5 Å². The number of carbonyl (C=O) groups excluding carboxylic acids is 4. The Morgan fingerprint density at radius 3 is 0.857 bits per heavy atom. The van der Waals surface area contributed by atoms with Crippen LogP contribution in [0.4, 0.5) is 0 Å². The first-order valence-electron chi connectivity index (χ1n) is 39.5. The Hall–Kier alpha value is -3.24. The zero-order valence-corrected chi connectivity index (χ0v) is 64.3. The second-order valence-electron chi connectivity index (χ2n) is 26.6. The maximum absolute atomic E-state index is 13.1. The molecule has 98 heavy (non-hydrogen) atoms. The molecule has 0 aromatic carbocycles. The lowest BCUT2D eigenvalue weighted by atomic mass is 10.0. The first-order valence-corrected chi connectivity index (χ1v) is 42.5. The number of aliphatic hydroxyl groups excluding tert-OH is 1. The van der Waals surface area contributed by atoms with Crippen molar-refractivity contribution in [2.45, 2.75) is 380 Å². The van der Waals surface area contributed by atoms with E-state index < -0.39 is 97.5 Å². The summed E-state index contributed by atoms with van der Waals surface area (Å²) in [5, 5.41) is 10.6. The van der Waals surface area contributed by atoms with Gasteiger partial charge in [0.15, 0.2) is 12.2 Å². The number of unbranched alkanes of at least 4 members (excludes halogenated alkanes) is 39. The summed E-state index contributed by atoms with van der Waals surface area (Å²) in [5.41, 5.74) is 0.